The molecule has 1 aliphatic rings. The van der Waals surface area contributed by atoms with Crippen molar-refractivity contribution in [3.63, 3.8) is 0 Å². The van der Waals surface area contributed by atoms with Crippen LogP contribution >= 0.6 is 11.6 Å². The summed E-state index contributed by atoms with van der Waals surface area (Å²) in [6, 6.07) is 1.12. The lowest BCUT2D eigenvalue weighted by molar-refractivity contribution is -0.137. The number of rotatable bonds is 6. The van der Waals surface area contributed by atoms with Gasteiger partial charge < -0.3 is 15.4 Å². The second kappa shape index (κ2) is 8.71. The van der Waals surface area contributed by atoms with E-state index in [0.29, 0.717) is 25.2 Å². The van der Waals surface area contributed by atoms with Crippen molar-refractivity contribution >= 4 is 17.5 Å². The molecule has 1 amide bonds. The highest BCUT2D eigenvalue weighted by Gasteiger charge is 2.31. The molecule has 0 aliphatic carbocycles. The van der Waals surface area contributed by atoms with Gasteiger partial charge >= 0.3 is 6.18 Å². The number of alkyl halides is 3. The summed E-state index contributed by atoms with van der Waals surface area (Å²) in [4.78, 5) is 15.6. The maximum absolute atomic E-state index is 12.5. The fourth-order valence-corrected chi connectivity index (χ4v) is 2.87. The number of hydrogen-bond acceptors (Lipinski definition) is 4. The second-order valence-corrected chi connectivity index (χ2v) is 6.49. The summed E-state index contributed by atoms with van der Waals surface area (Å²) >= 11 is 5.75. The Labute approximate surface area is 149 Å². The van der Waals surface area contributed by atoms with Crippen molar-refractivity contribution in [2.45, 2.75) is 38.4 Å². The summed E-state index contributed by atoms with van der Waals surface area (Å²) < 4.78 is 42.8. The second-order valence-electron chi connectivity index (χ2n) is 6.08. The van der Waals surface area contributed by atoms with Crippen LogP contribution in [-0.4, -0.2) is 36.6 Å². The van der Waals surface area contributed by atoms with Crippen LogP contribution in [0.5, 0.6) is 5.88 Å². The van der Waals surface area contributed by atoms with Crippen LogP contribution < -0.4 is 15.4 Å². The van der Waals surface area contributed by atoms with Crippen LogP contribution in [0, 0.1) is 5.92 Å². The van der Waals surface area contributed by atoms with Crippen molar-refractivity contribution in [3.8, 4) is 5.88 Å². The first-order chi connectivity index (χ1) is 11.8. The molecule has 1 fully saturated rings. The lowest BCUT2D eigenvalue weighted by Gasteiger charge is -2.27. The molecule has 1 aliphatic heterocycles. The number of carbonyl (C=O) groups is 1. The Hall–Kier alpha value is -1.54. The third-order valence-corrected chi connectivity index (χ3v) is 4.26. The van der Waals surface area contributed by atoms with Crippen LogP contribution in [0.4, 0.5) is 13.2 Å². The summed E-state index contributed by atoms with van der Waals surface area (Å²) in [5.41, 5.74) is -0.923. The number of piperidine rings is 1. The maximum atomic E-state index is 12.5. The molecule has 5 nitrogen and oxygen atoms in total. The van der Waals surface area contributed by atoms with Gasteiger partial charge in [0.15, 0.2) is 0 Å². The number of nitrogens with one attached hydrogen (secondary N) is 2. The van der Waals surface area contributed by atoms with Crippen molar-refractivity contribution in [1.29, 1.82) is 0 Å². The monoisotopic (exact) mass is 379 g/mol. The third kappa shape index (κ3) is 6.04. The molecular formula is C16H21ClF3N3O2. The molecule has 0 bridgehead atoms. The van der Waals surface area contributed by atoms with Crippen molar-refractivity contribution in [3.05, 3.63) is 22.8 Å². The number of aromatic nitrogens is 1. The first-order valence-corrected chi connectivity index (χ1v) is 8.52. The van der Waals surface area contributed by atoms with Gasteiger partial charge in [-0.25, -0.2) is 4.98 Å². The van der Waals surface area contributed by atoms with Crippen LogP contribution in [-0.2, 0) is 11.0 Å². The first kappa shape index (κ1) is 19.8. The highest BCUT2D eigenvalue weighted by molar-refractivity contribution is 6.31. The van der Waals surface area contributed by atoms with E-state index in [-0.39, 0.29) is 29.3 Å². The summed E-state index contributed by atoms with van der Waals surface area (Å²) in [6.45, 7) is 3.50. The molecule has 1 saturated heterocycles. The van der Waals surface area contributed by atoms with Crippen molar-refractivity contribution in [2.24, 2.45) is 5.92 Å². The molecule has 0 aromatic carbocycles. The van der Waals surface area contributed by atoms with E-state index in [2.05, 4.69) is 15.6 Å². The van der Waals surface area contributed by atoms with Crippen LogP contribution in [0.1, 0.15) is 31.7 Å². The standard InChI is InChI=1S/C16H21ClF3N3O2/c1-10-7-11(3-5-21-10)14(24)22-4-2-6-25-15-13(17)8-12(9-23-15)16(18,19)20/h8-11,21H,2-7H2,1H3,(H,22,24)/t10-,11-/m0/s1. The van der Waals surface area contributed by atoms with Gasteiger partial charge in [0.05, 0.1) is 12.2 Å². The quantitative estimate of drug-likeness (QED) is 0.746. The Bertz CT molecular complexity index is 598. The Morgan fingerprint density at radius 1 is 1.52 bits per heavy atom. The van der Waals surface area contributed by atoms with Crippen molar-refractivity contribution < 1.29 is 22.7 Å². The molecule has 2 rings (SSSR count). The zero-order chi connectivity index (χ0) is 18.4. The van der Waals surface area contributed by atoms with Gasteiger partial charge in [0.2, 0.25) is 11.8 Å². The minimum absolute atomic E-state index is 0.0168. The zero-order valence-corrected chi connectivity index (χ0v) is 14.6. The van der Waals surface area contributed by atoms with Crippen LogP contribution in [0.15, 0.2) is 12.3 Å². The third-order valence-electron chi connectivity index (χ3n) is 3.99. The molecule has 0 spiro atoms. The van der Waals surface area contributed by atoms with E-state index in [1.807, 2.05) is 6.92 Å². The normalized spacial score (nSPS) is 21.0. The molecule has 0 radical (unpaired) electrons. The van der Waals surface area contributed by atoms with Gasteiger partial charge in [0.25, 0.3) is 0 Å². The number of amides is 1. The minimum atomic E-state index is -4.49. The summed E-state index contributed by atoms with van der Waals surface area (Å²) in [5.74, 6) is -0.00426. The summed E-state index contributed by atoms with van der Waals surface area (Å²) in [6.07, 6.45) is -1.68. The predicted octanol–water partition coefficient (Wildman–Crippen LogP) is 3.03. The molecule has 0 saturated carbocycles. The van der Waals surface area contributed by atoms with Gasteiger partial charge in [-0.15, -0.1) is 0 Å². The highest BCUT2D eigenvalue weighted by atomic mass is 35.5. The Morgan fingerprint density at radius 3 is 2.92 bits per heavy atom. The Morgan fingerprint density at radius 2 is 2.28 bits per heavy atom. The number of hydrogen-bond donors (Lipinski definition) is 2. The van der Waals surface area contributed by atoms with E-state index in [4.69, 9.17) is 16.3 Å². The Balaban J connectivity index is 1.70. The van der Waals surface area contributed by atoms with Crippen LogP contribution in [0.2, 0.25) is 5.02 Å². The van der Waals surface area contributed by atoms with Crippen LogP contribution in [0.3, 0.4) is 0 Å². The average molecular weight is 380 g/mol. The summed E-state index contributed by atoms with van der Waals surface area (Å²) in [7, 11) is 0. The van der Waals surface area contributed by atoms with E-state index < -0.39 is 11.7 Å². The maximum Gasteiger partial charge on any atom is 0.417 e. The number of carbonyl (C=O) groups excluding carboxylic acids is 1. The molecule has 2 heterocycles. The number of nitrogens with zero attached hydrogens (tertiary/aromatic N) is 1. The largest absolute Gasteiger partial charge is 0.477 e. The molecule has 140 valence electrons. The average Bonchev–Trinajstić information content (AvgIpc) is 2.54. The molecule has 0 unspecified atom stereocenters. The topological polar surface area (TPSA) is 63.2 Å². The van der Waals surface area contributed by atoms with Crippen molar-refractivity contribution in [2.75, 3.05) is 19.7 Å². The fourth-order valence-electron chi connectivity index (χ4n) is 2.65. The lowest BCUT2D eigenvalue weighted by Crippen LogP contribution is -2.42. The molecular weight excluding hydrogens is 359 g/mol. The van der Waals surface area contributed by atoms with Gasteiger partial charge in [0, 0.05) is 24.7 Å². The first-order valence-electron chi connectivity index (χ1n) is 8.14. The lowest BCUT2D eigenvalue weighted by atomic mass is 9.92. The zero-order valence-electron chi connectivity index (χ0n) is 13.8. The van der Waals surface area contributed by atoms with Gasteiger partial charge in [-0.2, -0.15) is 13.2 Å². The Kier molecular flexibility index (Phi) is 6.89. The summed E-state index contributed by atoms with van der Waals surface area (Å²) in [5, 5.41) is 5.95. The molecule has 1 aromatic rings. The fraction of sp³-hybridized carbons (Fsp3) is 0.625. The number of pyridine rings is 1. The minimum Gasteiger partial charge on any atom is -0.477 e. The van der Waals surface area contributed by atoms with E-state index in [1.54, 1.807) is 0 Å². The van der Waals surface area contributed by atoms with E-state index in [0.717, 1.165) is 25.5 Å². The SMILES string of the molecule is C[C@H]1C[C@@H](C(=O)NCCCOc2ncc(C(F)(F)F)cc2Cl)CCN1. The molecule has 9 heteroatoms. The smallest absolute Gasteiger partial charge is 0.417 e. The van der Waals surface area contributed by atoms with Gasteiger partial charge in [-0.1, -0.05) is 11.6 Å². The molecule has 25 heavy (non-hydrogen) atoms. The predicted molar refractivity (Wildman–Crippen MR) is 87.6 cm³/mol. The van der Waals surface area contributed by atoms with Gasteiger partial charge in [0.1, 0.15) is 5.02 Å². The molecule has 2 N–H and O–H groups in total. The molecule has 2 atom stereocenters. The number of halogens is 4. The van der Waals surface area contributed by atoms with E-state index in [9.17, 15) is 18.0 Å². The van der Waals surface area contributed by atoms with Gasteiger partial charge in [-0.05, 0) is 38.8 Å². The number of ether oxygens (including phenoxy) is 1. The van der Waals surface area contributed by atoms with E-state index >= 15 is 0 Å². The van der Waals surface area contributed by atoms with Gasteiger partial charge in [-0.3, -0.25) is 4.79 Å². The highest BCUT2D eigenvalue weighted by Crippen LogP contribution is 2.33. The van der Waals surface area contributed by atoms with Crippen molar-refractivity contribution in [1.82, 2.24) is 15.6 Å². The molecule has 1 aromatic heterocycles. The van der Waals surface area contributed by atoms with E-state index in [1.165, 1.54) is 0 Å². The van der Waals surface area contributed by atoms with Crippen LogP contribution in [0.25, 0.3) is 0 Å².